The summed E-state index contributed by atoms with van der Waals surface area (Å²) in [5, 5.41) is 0. The van der Waals surface area contributed by atoms with E-state index in [0.29, 0.717) is 29.9 Å². The van der Waals surface area contributed by atoms with Gasteiger partial charge in [-0.1, -0.05) is 30.3 Å². The van der Waals surface area contributed by atoms with Crippen LogP contribution in [0.15, 0.2) is 58.4 Å². The number of nitrogens with zero attached hydrogens (tertiary/aromatic N) is 4. The maximum atomic E-state index is 13.8. The van der Waals surface area contributed by atoms with E-state index in [0.717, 1.165) is 35.2 Å². The Hall–Kier alpha value is -3.98. The van der Waals surface area contributed by atoms with Gasteiger partial charge in [-0.3, -0.25) is 9.36 Å². The average Bonchev–Trinajstić information content (AvgIpc) is 3.54. The van der Waals surface area contributed by atoms with Crippen LogP contribution >= 0.6 is 0 Å². The first-order valence-electron chi connectivity index (χ1n) is 11.9. The van der Waals surface area contributed by atoms with Gasteiger partial charge in [0.15, 0.2) is 11.2 Å². The number of para-hydroxylation sites is 1. The third kappa shape index (κ3) is 4.15. The van der Waals surface area contributed by atoms with Crippen LogP contribution in [0.25, 0.3) is 16.9 Å². The van der Waals surface area contributed by atoms with Crippen molar-refractivity contribution in [2.45, 2.75) is 45.9 Å². The van der Waals surface area contributed by atoms with Crippen molar-refractivity contribution in [1.29, 1.82) is 0 Å². The molecule has 0 saturated carbocycles. The molecule has 0 spiro atoms. The molecule has 1 saturated heterocycles. The molecule has 0 aliphatic carbocycles. The Balaban J connectivity index is 1.69. The van der Waals surface area contributed by atoms with Gasteiger partial charge in [-0.15, -0.1) is 0 Å². The summed E-state index contributed by atoms with van der Waals surface area (Å²) in [6.07, 6.45) is 3.12. The SMILES string of the molecule is COC(=O)c1ccc(Cn2cnc3c2c(=O)n(C[C@H]2CCCO2)c(=O)n3-c2c(C)cccc2C)cc1. The summed E-state index contributed by atoms with van der Waals surface area (Å²) in [5.41, 5.74) is 3.70. The first kappa shape index (κ1) is 23.7. The molecule has 0 unspecified atom stereocenters. The minimum Gasteiger partial charge on any atom is -0.465 e. The van der Waals surface area contributed by atoms with E-state index in [2.05, 4.69) is 4.98 Å². The molecule has 9 heteroatoms. The van der Waals surface area contributed by atoms with Gasteiger partial charge >= 0.3 is 11.7 Å². The topological polar surface area (TPSA) is 97.4 Å². The van der Waals surface area contributed by atoms with Gasteiger partial charge in [-0.05, 0) is 55.5 Å². The van der Waals surface area contributed by atoms with Gasteiger partial charge in [-0.25, -0.2) is 19.1 Å². The monoisotopic (exact) mass is 488 g/mol. The lowest BCUT2D eigenvalue weighted by molar-refractivity contribution is 0.0600. The van der Waals surface area contributed by atoms with E-state index in [1.54, 1.807) is 27.6 Å². The number of benzene rings is 2. The summed E-state index contributed by atoms with van der Waals surface area (Å²) in [6, 6.07) is 12.8. The predicted octanol–water partition coefficient (Wildman–Crippen LogP) is 2.98. The van der Waals surface area contributed by atoms with Crippen molar-refractivity contribution < 1.29 is 14.3 Å². The molecule has 186 valence electrons. The lowest BCUT2D eigenvalue weighted by Gasteiger charge is -2.17. The van der Waals surface area contributed by atoms with E-state index < -0.39 is 17.2 Å². The van der Waals surface area contributed by atoms with E-state index in [1.165, 1.54) is 11.7 Å². The number of hydrogen-bond acceptors (Lipinski definition) is 6. The van der Waals surface area contributed by atoms with Crippen molar-refractivity contribution in [3.63, 3.8) is 0 Å². The molecule has 2 aromatic heterocycles. The van der Waals surface area contributed by atoms with E-state index in [4.69, 9.17) is 9.47 Å². The van der Waals surface area contributed by atoms with Gasteiger partial charge in [0.25, 0.3) is 5.56 Å². The maximum absolute atomic E-state index is 13.8. The van der Waals surface area contributed by atoms with Gasteiger partial charge in [0.2, 0.25) is 0 Å². The number of fused-ring (bicyclic) bond motifs is 1. The van der Waals surface area contributed by atoms with Crippen LogP contribution in [0.3, 0.4) is 0 Å². The Labute approximate surface area is 207 Å². The number of aromatic nitrogens is 4. The molecule has 4 aromatic rings. The van der Waals surface area contributed by atoms with Crippen molar-refractivity contribution >= 4 is 17.1 Å². The summed E-state index contributed by atoms with van der Waals surface area (Å²) >= 11 is 0. The van der Waals surface area contributed by atoms with Gasteiger partial charge in [0.05, 0.1) is 37.3 Å². The van der Waals surface area contributed by atoms with Gasteiger partial charge in [-0.2, -0.15) is 0 Å². The molecule has 0 amide bonds. The minimum atomic E-state index is -0.423. The molecule has 1 aliphatic rings. The van der Waals surface area contributed by atoms with Gasteiger partial charge in [0.1, 0.15) is 0 Å². The Morgan fingerprint density at radius 2 is 1.83 bits per heavy atom. The second-order valence-electron chi connectivity index (χ2n) is 9.14. The molecule has 1 fully saturated rings. The zero-order valence-corrected chi connectivity index (χ0v) is 20.6. The third-order valence-electron chi connectivity index (χ3n) is 6.70. The van der Waals surface area contributed by atoms with Crippen molar-refractivity contribution in [3.8, 4) is 5.69 Å². The predicted molar refractivity (Wildman–Crippen MR) is 135 cm³/mol. The van der Waals surface area contributed by atoms with E-state index in [9.17, 15) is 14.4 Å². The van der Waals surface area contributed by atoms with Crippen LogP contribution in [0.5, 0.6) is 0 Å². The number of esters is 1. The molecule has 0 N–H and O–H groups in total. The van der Waals surface area contributed by atoms with Crippen molar-refractivity contribution in [1.82, 2.24) is 18.7 Å². The smallest absolute Gasteiger partial charge is 0.337 e. The second kappa shape index (κ2) is 9.58. The van der Waals surface area contributed by atoms with Crippen molar-refractivity contribution in [3.05, 3.63) is 91.9 Å². The fourth-order valence-electron chi connectivity index (χ4n) is 4.87. The van der Waals surface area contributed by atoms with E-state index in [1.807, 2.05) is 44.2 Å². The normalized spacial score (nSPS) is 15.5. The number of carbonyl (C=O) groups excluding carboxylic acids is 1. The van der Waals surface area contributed by atoms with E-state index in [-0.39, 0.29) is 12.6 Å². The van der Waals surface area contributed by atoms with Crippen molar-refractivity contribution in [2.75, 3.05) is 13.7 Å². The van der Waals surface area contributed by atoms with Crippen LogP contribution in [0.1, 0.15) is 39.9 Å². The third-order valence-corrected chi connectivity index (χ3v) is 6.70. The summed E-state index contributed by atoms with van der Waals surface area (Å²) in [7, 11) is 1.34. The fraction of sp³-hybridized carbons (Fsp3) is 0.333. The van der Waals surface area contributed by atoms with Gasteiger partial charge < -0.3 is 14.0 Å². The van der Waals surface area contributed by atoms with Crippen LogP contribution < -0.4 is 11.2 Å². The minimum absolute atomic E-state index is 0.179. The summed E-state index contributed by atoms with van der Waals surface area (Å²) in [5.74, 6) is -0.413. The van der Waals surface area contributed by atoms with Crippen LogP contribution in [0, 0.1) is 13.8 Å². The highest BCUT2D eigenvalue weighted by Gasteiger charge is 2.24. The van der Waals surface area contributed by atoms with Crippen LogP contribution in [-0.2, 0) is 22.6 Å². The number of methoxy groups -OCH3 is 1. The molecule has 5 rings (SSSR count). The van der Waals surface area contributed by atoms with Crippen LogP contribution in [0.4, 0.5) is 0 Å². The number of imidazole rings is 1. The number of carbonyl (C=O) groups is 1. The van der Waals surface area contributed by atoms with E-state index >= 15 is 0 Å². The Bertz CT molecular complexity index is 1540. The fourth-order valence-corrected chi connectivity index (χ4v) is 4.87. The molecular formula is C27H28N4O5. The molecule has 1 aliphatic heterocycles. The highest BCUT2D eigenvalue weighted by atomic mass is 16.5. The lowest BCUT2D eigenvalue weighted by atomic mass is 10.1. The number of ether oxygens (including phenoxy) is 2. The molecule has 0 radical (unpaired) electrons. The molecular weight excluding hydrogens is 460 g/mol. The molecule has 9 nitrogen and oxygen atoms in total. The number of rotatable bonds is 6. The van der Waals surface area contributed by atoms with Crippen LogP contribution in [0.2, 0.25) is 0 Å². The highest BCUT2D eigenvalue weighted by molar-refractivity contribution is 5.89. The molecule has 0 bridgehead atoms. The molecule has 3 heterocycles. The number of hydrogen-bond donors (Lipinski definition) is 0. The largest absolute Gasteiger partial charge is 0.465 e. The summed E-state index contributed by atoms with van der Waals surface area (Å²) < 4.78 is 15.1. The summed E-state index contributed by atoms with van der Waals surface area (Å²) in [4.78, 5) is 43.8. The molecule has 36 heavy (non-hydrogen) atoms. The zero-order chi connectivity index (χ0) is 25.4. The quantitative estimate of drug-likeness (QED) is 0.387. The highest BCUT2D eigenvalue weighted by Crippen LogP contribution is 2.22. The van der Waals surface area contributed by atoms with Crippen molar-refractivity contribution in [2.24, 2.45) is 0 Å². The maximum Gasteiger partial charge on any atom is 0.337 e. The first-order valence-corrected chi connectivity index (χ1v) is 11.9. The molecule has 2 aromatic carbocycles. The standard InChI is InChI=1S/C27H28N4O5/c1-17-6-4-7-18(2)22(17)31-24-23(25(32)30(27(31)34)15-21-8-5-13-36-21)29(16-28-24)14-19-9-11-20(12-10-19)26(33)35-3/h4,6-7,9-12,16,21H,5,8,13-15H2,1-3H3/t21-/m1/s1. The van der Waals surface area contributed by atoms with Crippen LogP contribution in [-0.4, -0.2) is 44.5 Å². The number of aryl methyl sites for hydroxylation is 2. The zero-order valence-electron chi connectivity index (χ0n) is 20.6. The Morgan fingerprint density at radius 3 is 2.47 bits per heavy atom. The summed E-state index contributed by atoms with van der Waals surface area (Å²) in [6.45, 7) is 5.05. The average molecular weight is 489 g/mol. The first-order chi connectivity index (χ1) is 17.4. The second-order valence-corrected chi connectivity index (χ2v) is 9.14. The van der Waals surface area contributed by atoms with Gasteiger partial charge in [0, 0.05) is 13.2 Å². The Kier molecular flexibility index (Phi) is 6.32. The Morgan fingerprint density at radius 1 is 1.11 bits per heavy atom. The molecule has 1 atom stereocenters. The lowest BCUT2D eigenvalue weighted by Crippen LogP contribution is -2.42.